The van der Waals surface area contributed by atoms with E-state index in [0.29, 0.717) is 5.41 Å². The van der Waals surface area contributed by atoms with Crippen molar-refractivity contribution in [2.45, 2.75) is 32.6 Å². The van der Waals surface area contributed by atoms with Crippen LogP contribution >= 0.6 is 11.5 Å². The van der Waals surface area contributed by atoms with Gasteiger partial charge in [0.2, 0.25) is 0 Å². The summed E-state index contributed by atoms with van der Waals surface area (Å²) in [4.78, 5) is 0. The maximum absolute atomic E-state index is 9.03. The molecule has 4 heteroatoms. The van der Waals surface area contributed by atoms with E-state index in [1.54, 1.807) is 0 Å². The third-order valence-electron chi connectivity index (χ3n) is 3.91. The van der Waals surface area contributed by atoms with Gasteiger partial charge in [-0.05, 0) is 55.5 Å². The highest BCUT2D eigenvalue weighted by Crippen LogP contribution is 2.61. The van der Waals surface area contributed by atoms with Crippen LogP contribution < -0.4 is 5.32 Å². The number of anilines is 1. The first-order valence-corrected chi connectivity index (χ1v) is 6.63. The first kappa shape index (κ1) is 10.1. The van der Waals surface area contributed by atoms with Gasteiger partial charge in [0.05, 0.1) is 5.69 Å². The van der Waals surface area contributed by atoms with Crippen LogP contribution in [0.4, 0.5) is 5.00 Å². The van der Waals surface area contributed by atoms with E-state index in [-0.39, 0.29) is 0 Å². The third-order valence-corrected chi connectivity index (χ3v) is 4.81. The molecule has 0 unspecified atom stereocenters. The van der Waals surface area contributed by atoms with Gasteiger partial charge in [0, 0.05) is 6.54 Å². The molecule has 0 amide bonds. The van der Waals surface area contributed by atoms with Crippen LogP contribution in [-0.2, 0) is 0 Å². The molecular formula is C12H15N3S. The fourth-order valence-electron chi connectivity index (χ4n) is 2.46. The van der Waals surface area contributed by atoms with Gasteiger partial charge in [-0.3, -0.25) is 0 Å². The van der Waals surface area contributed by atoms with Gasteiger partial charge in [-0.2, -0.15) is 9.64 Å². The molecule has 0 saturated heterocycles. The van der Waals surface area contributed by atoms with Crippen molar-refractivity contribution in [2.24, 2.45) is 11.3 Å². The van der Waals surface area contributed by atoms with Gasteiger partial charge < -0.3 is 5.32 Å². The van der Waals surface area contributed by atoms with E-state index in [2.05, 4.69) is 15.8 Å². The van der Waals surface area contributed by atoms with Crippen LogP contribution in [0.25, 0.3) is 0 Å². The topological polar surface area (TPSA) is 48.7 Å². The maximum atomic E-state index is 9.03. The smallest absolute Gasteiger partial charge is 0.127 e. The molecule has 1 aromatic heterocycles. The Bertz CT molecular complexity index is 449. The Morgan fingerprint density at radius 2 is 2.31 bits per heavy atom. The quantitative estimate of drug-likeness (QED) is 0.869. The van der Waals surface area contributed by atoms with E-state index < -0.39 is 0 Å². The van der Waals surface area contributed by atoms with Gasteiger partial charge in [0.15, 0.2) is 0 Å². The summed E-state index contributed by atoms with van der Waals surface area (Å²) in [6.45, 7) is 2.93. The fourth-order valence-corrected chi connectivity index (χ4v) is 3.20. The molecule has 2 saturated carbocycles. The first-order chi connectivity index (χ1) is 7.75. The number of rotatable bonds is 4. The van der Waals surface area contributed by atoms with Crippen molar-refractivity contribution in [3.8, 4) is 6.07 Å². The molecule has 0 bridgehead atoms. The molecule has 2 aliphatic carbocycles. The van der Waals surface area contributed by atoms with Crippen molar-refractivity contribution in [3.63, 3.8) is 0 Å². The van der Waals surface area contributed by atoms with Gasteiger partial charge >= 0.3 is 0 Å². The van der Waals surface area contributed by atoms with Crippen molar-refractivity contribution in [2.75, 3.05) is 11.9 Å². The number of aryl methyl sites for hydroxylation is 1. The lowest BCUT2D eigenvalue weighted by Gasteiger charge is -2.14. The fraction of sp³-hybridized carbons (Fsp3) is 0.667. The number of hydrogen-bond donors (Lipinski definition) is 1. The van der Waals surface area contributed by atoms with Crippen LogP contribution in [0.3, 0.4) is 0 Å². The van der Waals surface area contributed by atoms with Crippen molar-refractivity contribution < 1.29 is 0 Å². The molecule has 16 heavy (non-hydrogen) atoms. The lowest BCUT2D eigenvalue weighted by atomic mass is 10.0. The van der Waals surface area contributed by atoms with E-state index >= 15 is 0 Å². The van der Waals surface area contributed by atoms with Crippen LogP contribution in [0, 0.1) is 29.6 Å². The van der Waals surface area contributed by atoms with Crippen molar-refractivity contribution in [1.29, 1.82) is 5.26 Å². The second-order valence-electron chi connectivity index (χ2n) is 5.07. The molecule has 0 aliphatic heterocycles. The highest BCUT2D eigenvalue weighted by atomic mass is 32.1. The van der Waals surface area contributed by atoms with E-state index in [4.69, 9.17) is 5.26 Å². The van der Waals surface area contributed by atoms with Crippen LogP contribution in [-0.4, -0.2) is 10.9 Å². The summed E-state index contributed by atoms with van der Waals surface area (Å²) >= 11 is 1.42. The van der Waals surface area contributed by atoms with Gasteiger partial charge in [-0.15, -0.1) is 0 Å². The maximum Gasteiger partial charge on any atom is 0.127 e. The van der Waals surface area contributed by atoms with Gasteiger partial charge in [-0.1, -0.05) is 0 Å². The molecule has 0 spiro atoms. The minimum atomic E-state index is 0.574. The molecule has 1 aromatic rings. The third kappa shape index (κ3) is 1.60. The standard InChI is InChI=1S/C12H15N3S/c1-8-10(6-13)11(16-15-8)14-7-12(4-5-12)9-2-3-9/h9,14H,2-5,7H2,1H3. The highest BCUT2D eigenvalue weighted by Gasteiger charge is 2.53. The van der Waals surface area contributed by atoms with Gasteiger partial charge in [0.1, 0.15) is 16.6 Å². The zero-order valence-corrected chi connectivity index (χ0v) is 10.2. The van der Waals surface area contributed by atoms with Gasteiger partial charge in [0.25, 0.3) is 0 Å². The Kier molecular flexibility index (Phi) is 2.18. The molecule has 84 valence electrons. The Labute approximate surface area is 99.6 Å². The van der Waals surface area contributed by atoms with E-state index in [1.165, 1.54) is 37.2 Å². The van der Waals surface area contributed by atoms with Crippen molar-refractivity contribution in [1.82, 2.24) is 4.37 Å². The molecule has 1 heterocycles. The van der Waals surface area contributed by atoms with E-state index in [0.717, 1.165) is 28.7 Å². The minimum Gasteiger partial charge on any atom is -0.374 e. The van der Waals surface area contributed by atoms with Crippen molar-refractivity contribution in [3.05, 3.63) is 11.3 Å². The monoisotopic (exact) mass is 233 g/mol. The predicted molar refractivity (Wildman–Crippen MR) is 64.4 cm³/mol. The minimum absolute atomic E-state index is 0.574. The molecule has 0 atom stereocenters. The molecular weight excluding hydrogens is 218 g/mol. The summed E-state index contributed by atoms with van der Waals surface area (Å²) in [5.41, 5.74) is 2.16. The second kappa shape index (κ2) is 3.46. The van der Waals surface area contributed by atoms with Crippen LogP contribution in [0.2, 0.25) is 0 Å². The number of nitrogens with one attached hydrogen (secondary N) is 1. The Hall–Kier alpha value is -1.08. The molecule has 0 radical (unpaired) electrons. The molecule has 2 fully saturated rings. The number of nitrogens with zero attached hydrogens (tertiary/aromatic N) is 2. The number of aromatic nitrogens is 1. The van der Waals surface area contributed by atoms with Crippen LogP contribution in [0.15, 0.2) is 0 Å². The number of hydrogen-bond acceptors (Lipinski definition) is 4. The zero-order chi connectivity index (χ0) is 11.2. The number of nitriles is 1. The van der Waals surface area contributed by atoms with E-state index in [1.807, 2.05) is 6.92 Å². The average Bonchev–Trinajstić information content (AvgIpc) is 3.13. The van der Waals surface area contributed by atoms with Crippen LogP contribution in [0.5, 0.6) is 0 Å². The lowest BCUT2D eigenvalue weighted by molar-refractivity contribution is 0.467. The second-order valence-corrected chi connectivity index (χ2v) is 5.85. The Morgan fingerprint density at radius 3 is 2.88 bits per heavy atom. The molecule has 3 nitrogen and oxygen atoms in total. The Morgan fingerprint density at radius 1 is 1.56 bits per heavy atom. The predicted octanol–water partition coefficient (Wildman–Crippen LogP) is 2.93. The van der Waals surface area contributed by atoms with Gasteiger partial charge in [-0.25, -0.2) is 0 Å². The largest absolute Gasteiger partial charge is 0.374 e. The summed E-state index contributed by atoms with van der Waals surface area (Å²) < 4.78 is 4.23. The normalized spacial score (nSPS) is 21.5. The summed E-state index contributed by atoms with van der Waals surface area (Å²) in [7, 11) is 0. The van der Waals surface area contributed by atoms with Crippen LogP contribution in [0.1, 0.15) is 36.9 Å². The summed E-state index contributed by atoms with van der Waals surface area (Å²) in [5, 5.41) is 13.4. The molecule has 3 rings (SSSR count). The Balaban J connectivity index is 1.68. The summed E-state index contributed by atoms with van der Waals surface area (Å²) in [6, 6.07) is 2.23. The summed E-state index contributed by atoms with van der Waals surface area (Å²) in [5.74, 6) is 0.958. The summed E-state index contributed by atoms with van der Waals surface area (Å²) in [6.07, 6.45) is 5.55. The highest BCUT2D eigenvalue weighted by molar-refractivity contribution is 7.10. The van der Waals surface area contributed by atoms with E-state index in [9.17, 15) is 0 Å². The average molecular weight is 233 g/mol. The molecule has 1 N–H and O–H groups in total. The zero-order valence-electron chi connectivity index (χ0n) is 9.42. The molecule has 2 aliphatic rings. The molecule has 0 aromatic carbocycles. The SMILES string of the molecule is Cc1nsc(NCC2(C3CC3)CC2)c1C#N. The lowest BCUT2D eigenvalue weighted by Crippen LogP contribution is -2.17. The first-order valence-electron chi connectivity index (χ1n) is 5.85. The van der Waals surface area contributed by atoms with Crippen molar-refractivity contribution >= 4 is 16.5 Å².